The zero-order valence-corrected chi connectivity index (χ0v) is 25.0. The number of carbonyl (C=O) groups excluding carboxylic acids is 2. The Hall–Kier alpha value is -4.71. The predicted molar refractivity (Wildman–Crippen MR) is 167 cm³/mol. The normalized spacial score (nSPS) is 15.7. The summed E-state index contributed by atoms with van der Waals surface area (Å²) in [5.74, 6) is 0.0674. The van der Waals surface area contributed by atoms with Crippen LogP contribution in [0.25, 0.3) is 10.9 Å². The highest BCUT2D eigenvalue weighted by Crippen LogP contribution is 2.35. The lowest BCUT2D eigenvalue weighted by Gasteiger charge is -2.32. The van der Waals surface area contributed by atoms with E-state index in [4.69, 9.17) is 19.5 Å². The van der Waals surface area contributed by atoms with E-state index in [2.05, 4.69) is 21.8 Å². The number of amides is 1. The summed E-state index contributed by atoms with van der Waals surface area (Å²) in [7, 11) is 3.87. The maximum Gasteiger partial charge on any atom is 0.338 e. The van der Waals surface area contributed by atoms with Gasteiger partial charge in [0, 0.05) is 60.9 Å². The lowest BCUT2D eigenvalue weighted by molar-refractivity contribution is -0.194. The molecule has 2 N–H and O–H groups in total. The summed E-state index contributed by atoms with van der Waals surface area (Å²) < 4.78 is 5.14. The Kier molecular flexibility index (Phi) is 8.34. The van der Waals surface area contributed by atoms with Crippen molar-refractivity contribution in [3.05, 3.63) is 82.9 Å². The maximum atomic E-state index is 13.0. The molecule has 0 aliphatic carbocycles. The van der Waals surface area contributed by atoms with Crippen molar-refractivity contribution in [3.63, 3.8) is 0 Å². The summed E-state index contributed by atoms with van der Waals surface area (Å²) in [5.41, 5.74) is 4.88. The van der Waals surface area contributed by atoms with Crippen LogP contribution in [0.4, 0.5) is 11.4 Å². The molecule has 0 spiro atoms. The van der Waals surface area contributed by atoms with Crippen molar-refractivity contribution < 1.29 is 29.2 Å². The molecule has 6 rings (SSSR count). The van der Waals surface area contributed by atoms with Crippen LogP contribution in [0, 0.1) is 0 Å². The number of H-pyrrole nitrogens is 1. The third-order valence-electron chi connectivity index (χ3n) is 8.04. The number of aromatic hydroxyl groups is 1. The van der Waals surface area contributed by atoms with E-state index in [9.17, 15) is 14.7 Å². The number of aliphatic imine (C=N–C) groups is 1. The number of hydrogen-bond donors (Lipinski definition) is 2. The standard InChI is InChI=1S/C33H35N5O6/c1-4-42-33(41)22-7-12-26-27(17-22)35-32(40)30(26)31(21-5-6-23-20-43-44-28(23)18-21)34-24-8-10-25(11-9-24)37(3)29(39)19-38-15-13-36(2)14-16-38/h5-12,17-18,35,40H,4,13-16,19-20H2,1-3H3. The van der Waals surface area contributed by atoms with Gasteiger partial charge in [-0.3, -0.25) is 9.69 Å². The van der Waals surface area contributed by atoms with Crippen LogP contribution >= 0.6 is 0 Å². The second-order valence-electron chi connectivity index (χ2n) is 11.0. The lowest BCUT2D eigenvalue weighted by Crippen LogP contribution is -2.48. The Morgan fingerprint density at radius 2 is 1.77 bits per heavy atom. The number of nitrogens with one attached hydrogen (secondary N) is 1. The molecule has 11 heteroatoms. The zero-order valence-electron chi connectivity index (χ0n) is 25.0. The number of anilines is 1. The van der Waals surface area contributed by atoms with Gasteiger partial charge in [-0.25, -0.2) is 9.79 Å². The SMILES string of the molecule is CCOC(=O)c1ccc2c(C(=Nc3ccc(N(C)C(=O)CN4CCN(C)CC4)cc3)c3ccc4c(c3)OOC4)c(O)[nH]c2c1. The fraction of sp³-hybridized carbons (Fsp3) is 0.303. The Morgan fingerprint density at radius 3 is 2.52 bits per heavy atom. The van der Waals surface area contributed by atoms with Gasteiger partial charge in [0.05, 0.1) is 35.7 Å². The van der Waals surface area contributed by atoms with Crippen molar-refractivity contribution in [2.75, 3.05) is 58.3 Å². The van der Waals surface area contributed by atoms with Gasteiger partial charge in [-0.15, -0.1) is 0 Å². The Balaban J connectivity index is 1.33. The molecule has 1 aromatic heterocycles. The molecule has 4 aromatic rings. The van der Waals surface area contributed by atoms with Crippen molar-refractivity contribution in [2.24, 2.45) is 4.99 Å². The molecule has 11 nitrogen and oxygen atoms in total. The second-order valence-corrected chi connectivity index (χ2v) is 11.0. The van der Waals surface area contributed by atoms with Gasteiger partial charge in [0.15, 0.2) is 11.6 Å². The van der Waals surface area contributed by atoms with Crippen LogP contribution in [0.1, 0.15) is 34.0 Å². The van der Waals surface area contributed by atoms with E-state index in [0.29, 0.717) is 57.9 Å². The van der Waals surface area contributed by atoms with E-state index < -0.39 is 5.97 Å². The van der Waals surface area contributed by atoms with Crippen molar-refractivity contribution >= 4 is 39.9 Å². The Labute approximate surface area is 255 Å². The number of nitrogens with zero attached hydrogens (tertiary/aromatic N) is 4. The summed E-state index contributed by atoms with van der Waals surface area (Å²) in [6, 6.07) is 18.1. The smallest absolute Gasteiger partial charge is 0.338 e. The summed E-state index contributed by atoms with van der Waals surface area (Å²) in [5, 5.41) is 11.8. The van der Waals surface area contributed by atoms with E-state index in [0.717, 1.165) is 37.4 Å². The fourth-order valence-corrected chi connectivity index (χ4v) is 5.41. The molecular weight excluding hydrogens is 562 g/mol. The van der Waals surface area contributed by atoms with Gasteiger partial charge in [-0.1, -0.05) is 18.2 Å². The molecule has 44 heavy (non-hydrogen) atoms. The number of aromatic nitrogens is 1. The number of rotatable bonds is 8. The number of aromatic amines is 1. The summed E-state index contributed by atoms with van der Waals surface area (Å²) in [6.07, 6.45) is 0. The largest absolute Gasteiger partial charge is 0.494 e. The van der Waals surface area contributed by atoms with Crippen LogP contribution in [0.3, 0.4) is 0 Å². The first-order valence-corrected chi connectivity index (χ1v) is 14.6. The number of benzene rings is 3. The summed E-state index contributed by atoms with van der Waals surface area (Å²) >= 11 is 0. The number of fused-ring (bicyclic) bond motifs is 2. The first kappa shape index (κ1) is 29.4. The van der Waals surface area contributed by atoms with Crippen LogP contribution in [0.5, 0.6) is 11.6 Å². The van der Waals surface area contributed by atoms with Gasteiger partial charge in [0.2, 0.25) is 5.91 Å². The van der Waals surface area contributed by atoms with Gasteiger partial charge in [-0.05, 0) is 56.4 Å². The maximum absolute atomic E-state index is 13.0. The Bertz CT molecular complexity index is 1720. The molecule has 0 radical (unpaired) electrons. The first-order valence-electron chi connectivity index (χ1n) is 14.6. The highest BCUT2D eigenvalue weighted by molar-refractivity contribution is 6.22. The number of hydrogen-bond acceptors (Lipinski definition) is 9. The van der Waals surface area contributed by atoms with Crippen LogP contribution < -0.4 is 9.79 Å². The van der Waals surface area contributed by atoms with Gasteiger partial charge in [0.1, 0.15) is 6.61 Å². The molecule has 3 heterocycles. The summed E-state index contributed by atoms with van der Waals surface area (Å²) in [4.78, 5) is 49.9. The van der Waals surface area contributed by atoms with E-state index in [1.165, 1.54) is 0 Å². The highest BCUT2D eigenvalue weighted by atomic mass is 17.2. The average Bonchev–Trinajstić information content (AvgIpc) is 3.63. The monoisotopic (exact) mass is 597 g/mol. The molecule has 0 atom stereocenters. The second kappa shape index (κ2) is 12.5. The number of ether oxygens (including phenoxy) is 1. The molecule has 1 saturated heterocycles. The van der Waals surface area contributed by atoms with Gasteiger partial charge in [0.25, 0.3) is 0 Å². The lowest BCUT2D eigenvalue weighted by atomic mass is 9.98. The minimum atomic E-state index is -0.443. The van der Waals surface area contributed by atoms with Crippen molar-refractivity contribution in [1.29, 1.82) is 0 Å². The van der Waals surface area contributed by atoms with Crippen LogP contribution in [0.15, 0.2) is 65.7 Å². The van der Waals surface area contributed by atoms with Gasteiger partial charge >= 0.3 is 5.97 Å². The van der Waals surface area contributed by atoms with E-state index in [1.54, 1.807) is 37.1 Å². The Morgan fingerprint density at radius 1 is 1.02 bits per heavy atom. The number of esters is 1. The topological polar surface area (TPSA) is 120 Å². The fourth-order valence-electron chi connectivity index (χ4n) is 5.41. The molecular formula is C33H35N5O6. The average molecular weight is 598 g/mol. The molecule has 0 unspecified atom stereocenters. The summed E-state index contributed by atoms with van der Waals surface area (Å²) in [6.45, 7) is 6.38. The van der Waals surface area contributed by atoms with E-state index in [-0.39, 0.29) is 18.4 Å². The number of carbonyl (C=O) groups is 2. The van der Waals surface area contributed by atoms with Crippen molar-refractivity contribution in [1.82, 2.24) is 14.8 Å². The zero-order chi connectivity index (χ0) is 30.8. The highest BCUT2D eigenvalue weighted by Gasteiger charge is 2.23. The molecule has 228 valence electrons. The molecule has 0 saturated carbocycles. The molecule has 1 amide bonds. The molecule has 2 aliphatic heterocycles. The van der Waals surface area contributed by atoms with Crippen molar-refractivity contribution in [3.8, 4) is 11.6 Å². The third kappa shape index (κ3) is 6.02. The van der Waals surface area contributed by atoms with Crippen LogP contribution in [0.2, 0.25) is 0 Å². The van der Waals surface area contributed by atoms with Crippen LogP contribution in [-0.2, 0) is 21.0 Å². The van der Waals surface area contributed by atoms with Gasteiger partial charge < -0.3 is 29.5 Å². The molecule has 3 aromatic carbocycles. The van der Waals surface area contributed by atoms with Gasteiger partial charge in [-0.2, -0.15) is 4.89 Å². The third-order valence-corrected chi connectivity index (χ3v) is 8.04. The number of piperazine rings is 1. The van der Waals surface area contributed by atoms with Crippen LogP contribution in [-0.4, -0.2) is 90.9 Å². The molecule has 0 bridgehead atoms. The first-order chi connectivity index (χ1) is 21.3. The number of likely N-dealkylation sites (N-methyl/N-ethyl adjacent to an activating group) is 2. The quantitative estimate of drug-likeness (QED) is 0.176. The van der Waals surface area contributed by atoms with E-state index in [1.807, 2.05) is 42.5 Å². The predicted octanol–water partition coefficient (Wildman–Crippen LogP) is 4.25. The minimum Gasteiger partial charge on any atom is -0.494 e. The molecule has 2 aliphatic rings. The van der Waals surface area contributed by atoms with E-state index >= 15 is 0 Å². The molecule has 1 fully saturated rings. The van der Waals surface area contributed by atoms with Crippen molar-refractivity contribution in [2.45, 2.75) is 13.5 Å². The minimum absolute atomic E-state index is 0.0257.